The highest BCUT2D eigenvalue weighted by molar-refractivity contribution is 5.78. The number of imidazole rings is 1. The lowest BCUT2D eigenvalue weighted by Gasteiger charge is -2.13. The van der Waals surface area contributed by atoms with E-state index in [1.165, 1.54) is 0 Å². The summed E-state index contributed by atoms with van der Waals surface area (Å²) in [5, 5.41) is 0. The molecule has 1 aromatic carbocycles. The fraction of sp³-hybridized carbons (Fsp3) is 0.417. The van der Waals surface area contributed by atoms with Gasteiger partial charge in [-0.1, -0.05) is 12.1 Å². The van der Waals surface area contributed by atoms with Gasteiger partial charge in [0, 0.05) is 6.61 Å². The maximum Gasteiger partial charge on any atom is 0.201 e. The first kappa shape index (κ1) is 11.0. The second-order valence-corrected chi connectivity index (χ2v) is 3.84. The number of aromatic nitrogens is 2. The molecule has 2 N–H and O–H groups in total. The molecule has 0 aliphatic carbocycles. The summed E-state index contributed by atoms with van der Waals surface area (Å²) in [6.07, 6.45) is 0.143. The summed E-state index contributed by atoms with van der Waals surface area (Å²) in [4.78, 5) is 4.31. The molecule has 0 amide bonds. The molecule has 16 heavy (non-hydrogen) atoms. The SMILES string of the molecule is CCOC(C)Cn1c(N)nc2ccccc21. The normalized spacial score (nSPS) is 13.1. The molecule has 4 nitrogen and oxygen atoms in total. The Labute approximate surface area is 95.0 Å². The number of para-hydroxylation sites is 2. The number of hydrogen-bond acceptors (Lipinski definition) is 3. The number of fused-ring (bicyclic) bond motifs is 1. The van der Waals surface area contributed by atoms with E-state index in [-0.39, 0.29) is 6.10 Å². The smallest absolute Gasteiger partial charge is 0.201 e. The topological polar surface area (TPSA) is 53.1 Å². The van der Waals surface area contributed by atoms with Gasteiger partial charge in [0.05, 0.1) is 23.7 Å². The molecular weight excluding hydrogens is 202 g/mol. The summed E-state index contributed by atoms with van der Waals surface area (Å²) in [7, 11) is 0. The molecular formula is C12H17N3O. The third-order valence-electron chi connectivity index (χ3n) is 2.57. The Morgan fingerprint density at radius 2 is 2.19 bits per heavy atom. The van der Waals surface area contributed by atoms with Crippen molar-refractivity contribution in [3.63, 3.8) is 0 Å². The zero-order valence-electron chi connectivity index (χ0n) is 9.68. The van der Waals surface area contributed by atoms with Gasteiger partial charge in [0.25, 0.3) is 0 Å². The van der Waals surface area contributed by atoms with E-state index in [0.717, 1.165) is 17.6 Å². The van der Waals surface area contributed by atoms with Crippen LogP contribution in [0.5, 0.6) is 0 Å². The van der Waals surface area contributed by atoms with Gasteiger partial charge in [-0.05, 0) is 26.0 Å². The van der Waals surface area contributed by atoms with Crippen LogP contribution in [0.3, 0.4) is 0 Å². The minimum absolute atomic E-state index is 0.143. The van der Waals surface area contributed by atoms with E-state index in [4.69, 9.17) is 10.5 Å². The first-order chi connectivity index (χ1) is 7.72. The summed E-state index contributed by atoms with van der Waals surface area (Å²) >= 11 is 0. The highest BCUT2D eigenvalue weighted by atomic mass is 16.5. The molecule has 0 spiro atoms. The fourth-order valence-electron chi connectivity index (χ4n) is 1.88. The fourth-order valence-corrected chi connectivity index (χ4v) is 1.88. The van der Waals surface area contributed by atoms with Crippen molar-refractivity contribution in [3.05, 3.63) is 24.3 Å². The van der Waals surface area contributed by atoms with Crippen molar-refractivity contribution in [3.8, 4) is 0 Å². The van der Waals surface area contributed by atoms with Crippen LogP contribution in [0.15, 0.2) is 24.3 Å². The maximum absolute atomic E-state index is 5.89. The van der Waals surface area contributed by atoms with Crippen LogP contribution in [0, 0.1) is 0 Å². The molecule has 0 aliphatic rings. The Bertz CT molecular complexity index is 478. The largest absolute Gasteiger partial charge is 0.377 e. The van der Waals surface area contributed by atoms with Crippen molar-refractivity contribution in [1.29, 1.82) is 0 Å². The molecule has 4 heteroatoms. The Hall–Kier alpha value is -1.55. The number of hydrogen-bond donors (Lipinski definition) is 1. The molecule has 0 saturated carbocycles. The zero-order chi connectivity index (χ0) is 11.5. The van der Waals surface area contributed by atoms with Crippen molar-refractivity contribution in [2.45, 2.75) is 26.5 Å². The van der Waals surface area contributed by atoms with Crippen molar-refractivity contribution < 1.29 is 4.74 Å². The predicted octanol–water partition coefficient (Wildman–Crippen LogP) is 2.04. The van der Waals surface area contributed by atoms with E-state index < -0.39 is 0 Å². The van der Waals surface area contributed by atoms with Crippen LogP contribution in [-0.2, 0) is 11.3 Å². The summed E-state index contributed by atoms with van der Waals surface area (Å²) in [6.45, 7) is 5.48. The molecule has 1 atom stereocenters. The van der Waals surface area contributed by atoms with Crippen LogP contribution in [-0.4, -0.2) is 22.3 Å². The van der Waals surface area contributed by atoms with E-state index in [0.29, 0.717) is 12.6 Å². The monoisotopic (exact) mass is 219 g/mol. The molecule has 0 fully saturated rings. The zero-order valence-corrected chi connectivity index (χ0v) is 9.68. The third kappa shape index (κ3) is 2.02. The lowest BCUT2D eigenvalue weighted by molar-refractivity contribution is 0.0652. The van der Waals surface area contributed by atoms with E-state index in [9.17, 15) is 0 Å². The lowest BCUT2D eigenvalue weighted by atomic mass is 10.3. The Morgan fingerprint density at radius 1 is 1.44 bits per heavy atom. The van der Waals surface area contributed by atoms with E-state index in [1.807, 2.05) is 42.7 Å². The van der Waals surface area contributed by atoms with E-state index >= 15 is 0 Å². The van der Waals surface area contributed by atoms with Gasteiger partial charge in [0.15, 0.2) is 0 Å². The molecule has 1 heterocycles. The van der Waals surface area contributed by atoms with Gasteiger partial charge in [0.1, 0.15) is 0 Å². The second-order valence-electron chi connectivity index (χ2n) is 3.84. The quantitative estimate of drug-likeness (QED) is 0.856. The first-order valence-electron chi connectivity index (χ1n) is 5.54. The number of nitrogens with two attached hydrogens (primary N) is 1. The minimum Gasteiger partial charge on any atom is -0.377 e. The van der Waals surface area contributed by atoms with E-state index in [2.05, 4.69) is 4.98 Å². The van der Waals surface area contributed by atoms with Crippen LogP contribution < -0.4 is 5.73 Å². The standard InChI is InChI=1S/C12H17N3O/c1-3-16-9(2)8-15-11-7-5-4-6-10(11)14-12(15)13/h4-7,9H,3,8H2,1-2H3,(H2,13,14). The van der Waals surface area contributed by atoms with Crippen molar-refractivity contribution >= 4 is 17.0 Å². The molecule has 1 unspecified atom stereocenters. The molecule has 0 bridgehead atoms. The lowest BCUT2D eigenvalue weighted by Crippen LogP contribution is -2.17. The average molecular weight is 219 g/mol. The van der Waals surface area contributed by atoms with Gasteiger partial charge in [-0.2, -0.15) is 0 Å². The van der Waals surface area contributed by atoms with Gasteiger partial charge in [0.2, 0.25) is 5.95 Å². The second kappa shape index (κ2) is 4.53. The summed E-state index contributed by atoms with van der Waals surface area (Å²) in [5.74, 6) is 0.549. The number of anilines is 1. The Kier molecular flexibility index (Phi) is 3.10. The number of nitrogens with zero attached hydrogens (tertiary/aromatic N) is 2. The minimum atomic E-state index is 0.143. The third-order valence-corrected chi connectivity index (χ3v) is 2.57. The van der Waals surface area contributed by atoms with Crippen LogP contribution in [0.25, 0.3) is 11.0 Å². The molecule has 1 aromatic heterocycles. The van der Waals surface area contributed by atoms with Gasteiger partial charge in [-0.25, -0.2) is 4.98 Å². The first-order valence-corrected chi connectivity index (χ1v) is 5.54. The summed E-state index contributed by atoms with van der Waals surface area (Å²) < 4.78 is 7.51. The molecule has 2 aromatic rings. The molecule has 0 saturated heterocycles. The van der Waals surface area contributed by atoms with Gasteiger partial charge >= 0.3 is 0 Å². The van der Waals surface area contributed by atoms with Crippen LogP contribution >= 0.6 is 0 Å². The maximum atomic E-state index is 5.89. The van der Waals surface area contributed by atoms with Crippen LogP contribution in [0.1, 0.15) is 13.8 Å². The predicted molar refractivity (Wildman–Crippen MR) is 65.2 cm³/mol. The Balaban J connectivity index is 2.32. The van der Waals surface area contributed by atoms with Crippen molar-refractivity contribution in [2.75, 3.05) is 12.3 Å². The van der Waals surface area contributed by atoms with Crippen LogP contribution in [0.2, 0.25) is 0 Å². The molecule has 0 aliphatic heterocycles. The van der Waals surface area contributed by atoms with Gasteiger partial charge in [-0.3, -0.25) is 0 Å². The average Bonchev–Trinajstić information content (AvgIpc) is 2.56. The van der Waals surface area contributed by atoms with Crippen molar-refractivity contribution in [2.24, 2.45) is 0 Å². The van der Waals surface area contributed by atoms with Gasteiger partial charge in [-0.15, -0.1) is 0 Å². The number of benzene rings is 1. The number of rotatable bonds is 4. The highest BCUT2D eigenvalue weighted by Crippen LogP contribution is 2.18. The molecule has 86 valence electrons. The summed E-state index contributed by atoms with van der Waals surface area (Å²) in [5.41, 5.74) is 7.89. The number of nitrogen functional groups attached to an aromatic ring is 1. The summed E-state index contributed by atoms with van der Waals surface area (Å²) in [6, 6.07) is 7.95. The Morgan fingerprint density at radius 3 is 2.94 bits per heavy atom. The highest BCUT2D eigenvalue weighted by Gasteiger charge is 2.10. The van der Waals surface area contributed by atoms with Crippen molar-refractivity contribution in [1.82, 2.24) is 9.55 Å². The van der Waals surface area contributed by atoms with E-state index in [1.54, 1.807) is 0 Å². The van der Waals surface area contributed by atoms with Gasteiger partial charge < -0.3 is 15.0 Å². The van der Waals surface area contributed by atoms with Crippen LogP contribution in [0.4, 0.5) is 5.95 Å². The number of ether oxygens (including phenoxy) is 1. The molecule has 2 rings (SSSR count). The molecule has 0 radical (unpaired) electrons.